The lowest BCUT2D eigenvalue weighted by Gasteiger charge is -2.08. The first-order chi connectivity index (χ1) is 11.4. The SMILES string of the molecule is O=C(Nc1ccc(Cl)c(Cl)c1)NS(=O)(=O)c1occ2ccccc12. The fraction of sp³-hybridized carbons (Fsp3) is 0. The summed E-state index contributed by atoms with van der Waals surface area (Å²) in [6.07, 6.45) is 1.31. The highest BCUT2D eigenvalue weighted by Gasteiger charge is 2.24. The Bertz CT molecular complexity index is 1030. The summed E-state index contributed by atoms with van der Waals surface area (Å²) in [7, 11) is -4.17. The number of halogens is 2. The number of furan rings is 1. The molecular weight excluding hydrogens is 375 g/mol. The molecule has 0 unspecified atom stereocenters. The number of urea groups is 1. The van der Waals surface area contributed by atoms with Crippen LogP contribution in [0.2, 0.25) is 10.0 Å². The normalized spacial score (nSPS) is 11.4. The monoisotopic (exact) mass is 384 g/mol. The molecule has 0 radical (unpaired) electrons. The molecule has 6 nitrogen and oxygen atoms in total. The number of fused-ring (bicyclic) bond motifs is 1. The van der Waals surface area contributed by atoms with Crippen molar-refractivity contribution < 1.29 is 17.6 Å². The fourth-order valence-electron chi connectivity index (χ4n) is 2.07. The molecule has 0 aliphatic rings. The standard InChI is InChI=1S/C15H10Cl2N2O4S/c16-12-6-5-10(7-13(12)17)18-15(20)19-24(21,22)14-11-4-2-1-3-9(11)8-23-14/h1-8H,(H2,18,19,20). The predicted molar refractivity (Wildman–Crippen MR) is 92.0 cm³/mol. The molecule has 0 saturated heterocycles. The van der Waals surface area contributed by atoms with Crippen molar-refractivity contribution in [2.75, 3.05) is 5.32 Å². The lowest BCUT2D eigenvalue weighted by atomic mass is 10.2. The summed E-state index contributed by atoms with van der Waals surface area (Å²) in [4.78, 5) is 11.9. The predicted octanol–water partition coefficient (Wildman–Crippen LogP) is 4.25. The Morgan fingerprint density at radius 2 is 1.79 bits per heavy atom. The van der Waals surface area contributed by atoms with Crippen molar-refractivity contribution in [2.45, 2.75) is 5.09 Å². The third-order valence-electron chi connectivity index (χ3n) is 3.12. The van der Waals surface area contributed by atoms with Crippen molar-refractivity contribution in [1.29, 1.82) is 0 Å². The molecule has 2 aromatic carbocycles. The van der Waals surface area contributed by atoms with Gasteiger partial charge in [0.2, 0.25) is 5.09 Å². The number of carbonyl (C=O) groups is 1. The number of nitrogens with one attached hydrogen (secondary N) is 2. The molecule has 2 N–H and O–H groups in total. The number of anilines is 1. The highest BCUT2D eigenvalue weighted by Crippen LogP contribution is 2.26. The summed E-state index contributed by atoms with van der Waals surface area (Å²) in [5.74, 6) is 0. The minimum atomic E-state index is -4.17. The molecule has 0 aliphatic heterocycles. The molecule has 0 aliphatic carbocycles. The van der Waals surface area contributed by atoms with Gasteiger partial charge in [0.15, 0.2) is 0 Å². The van der Waals surface area contributed by atoms with Crippen LogP contribution in [-0.2, 0) is 10.0 Å². The summed E-state index contributed by atoms with van der Waals surface area (Å²) >= 11 is 11.6. The van der Waals surface area contributed by atoms with Gasteiger partial charge in [0.25, 0.3) is 10.0 Å². The Morgan fingerprint density at radius 3 is 2.54 bits per heavy atom. The van der Waals surface area contributed by atoms with E-state index in [2.05, 4.69) is 5.32 Å². The second-order valence-corrected chi connectivity index (χ2v) is 7.20. The van der Waals surface area contributed by atoms with E-state index in [0.29, 0.717) is 21.5 Å². The lowest BCUT2D eigenvalue weighted by molar-refractivity contribution is 0.256. The lowest BCUT2D eigenvalue weighted by Crippen LogP contribution is -2.34. The Balaban J connectivity index is 1.81. The van der Waals surface area contributed by atoms with Crippen molar-refractivity contribution in [3.63, 3.8) is 0 Å². The van der Waals surface area contributed by atoms with E-state index >= 15 is 0 Å². The van der Waals surface area contributed by atoms with Gasteiger partial charge in [-0.3, -0.25) is 0 Å². The van der Waals surface area contributed by atoms with Crippen LogP contribution in [0.15, 0.2) is 58.2 Å². The van der Waals surface area contributed by atoms with E-state index in [0.717, 1.165) is 0 Å². The maximum atomic E-state index is 12.3. The Labute approximate surface area is 147 Å². The van der Waals surface area contributed by atoms with E-state index in [9.17, 15) is 13.2 Å². The zero-order chi connectivity index (χ0) is 17.3. The first-order valence-corrected chi connectivity index (χ1v) is 8.86. The molecule has 1 aromatic heterocycles. The highest BCUT2D eigenvalue weighted by molar-refractivity contribution is 7.90. The summed E-state index contributed by atoms with van der Waals surface area (Å²) in [5.41, 5.74) is 0.293. The van der Waals surface area contributed by atoms with E-state index in [1.54, 1.807) is 24.3 Å². The average molecular weight is 385 g/mol. The van der Waals surface area contributed by atoms with E-state index in [1.807, 2.05) is 4.72 Å². The highest BCUT2D eigenvalue weighted by atomic mass is 35.5. The number of hydrogen-bond donors (Lipinski definition) is 2. The molecule has 3 rings (SSSR count). The van der Waals surface area contributed by atoms with Crippen LogP contribution >= 0.6 is 23.2 Å². The molecule has 0 spiro atoms. The number of hydrogen-bond acceptors (Lipinski definition) is 4. The van der Waals surface area contributed by atoms with Gasteiger partial charge in [0.05, 0.1) is 10.0 Å². The molecular formula is C15H10Cl2N2O4S. The fourth-order valence-corrected chi connectivity index (χ4v) is 3.41. The zero-order valence-electron chi connectivity index (χ0n) is 11.9. The Kier molecular flexibility index (Phi) is 4.40. The Morgan fingerprint density at radius 1 is 1.04 bits per heavy atom. The number of carbonyl (C=O) groups excluding carboxylic acids is 1. The van der Waals surface area contributed by atoms with E-state index in [4.69, 9.17) is 27.6 Å². The topological polar surface area (TPSA) is 88.4 Å². The summed E-state index contributed by atoms with van der Waals surface area (Å²) < 4.78 is 31.6. The summed E-state index contributed by atoms with van der Waals surface area (Å²) in [6.45, 7) is 0. The van der Waals surface area contributed by atoms with Crippen LogP contribution < -0.4 is 10.0 Å². The number of rotatable bonds is 3. The van der Waals surface area contributed by atoms with Crippen LogP contribution in [0.5, 0.6) is 0 Å². The molecule has 124 valence electrons. The van der Waals surface area contributed by atoms with Gasteiger partial charge in [0, 0.05) is 16.5 Å². The van der Waals surface area contributed by atoms with Crippen molar-refractivity contribution >= 4 is 55.7 Å². The number of benzene rings is 2. The van der Waals surface area contributed by atoms with Crippen molar-refractivity contribution in [2.24, 2.45) is 0 Å². The molecule has 0 fully saturated rings. The Hall–Kier alpha value is -2.22. The quantitative estimate of drug-likeness (QED) is 0.706. The second kappa shape index (κ2) is 6.35. The largest absolute Gasteiger partial charge is 0.450 e. The van der Waals surface area contributed by atoms with Crippen molar-refractivity contribution in [3.8, 4) is 0 Å². The van der Waals surface area contributed by atoms with Crippen LogP contribution in [-0.4, -0.2) is 14.4 Å². The molecule has 24 heavy (non-hydrogen) atoms. The first-order valence-electron chi connectivity index (χ1n) is 6.62. The van der Waals surface area contributed by atoms with Gasteiger partial charge in [-0.2, -0.15) is 8.42 Å². The molecule has 3 aromatic rings. The molecule has 0 atom stereocenters. The van der Waals surface area contributed by atoms with Crippen LogP contribution in [0, 0.1) is 0 Å². The molecule has 9 heteroatoms. The van der Waals surface area contributed by atoms with Gasteiger partial charge in [-0.25, -0.2) is 9.52 Å². The first kappa shape index (κ1) is 16.6. The van der Waals surface area contributed by atoms with E-state index in [1.165, 1.54) is 24.5 Å². The zero-order valence-corrected chi connectivity index (χ0v) is 14.2. The van der Waals surface area contributed by atoms with Gasteiger partial charge >= 0.3 is 6.03 Å². The molecule has 2 amide bonds. The second-order valence-electron chi connectivity index (χ2n) is 4.80. The van der Waals surface area contributed by atoms with Gasteiger partial charge < -0.3 is 9.73 Å². The van der Waals surface area contributed by atoms with Crippen LogP contribution in [0.25, 0.3) is 10.8 Å². The smallest absolute Gasteiger partial charge is 0.333 e. The van der Waals surface area contributed by atoms with Gasteiger partial charge in [-0.1, -0.05) is 41.4 Å². The number of amides is 2. The van der Waals surface area contributed by atoms with Gasteiger partial charge in [-0.05, 0) is 24.3 Å². The molecule has 1 heterocycles. The summed E-state index contributed by atoms with van der Waals surface area (Å²) in [5, 5.41) is 3.57. The molecule has 0 saturated carbocycles. The maximum absolute atomic E-state index is 12.3. The van der Waals surface area contributed by atoms with Crippen LogP contribution in [0.1, 0.15) is 0 Å². The number of sulfonamides is 1. The van der Waals surface area contributed by atoms with Crippen molar-refractivity contribution in [1.82, 2.24) is 4.72 Å². The minimum Gasteiger partial charge on any atom is -0.450 e. The molecule has 0 bridgehead atoms. The minimum absolute atomic E-state index is 0.231. The van der Waals surface area contributed by atoms with Crippen LogP contribution in [0.4, 0.5) is 10.5 Å². The average Bonchev–Trinajstić information content (AvgIpc) is 2.95. The van der Waals surface area contributed by atoms with Gasteiger partial charge in [0.1, 0.15) is 6.26 Å². The van der Waals surface area contributed by atoms with Crippen molar-refractivity contribution in [3.05, 3.63) is 58.8 Å². The van der Waals surface area contributed by atoms with Gasteiger partial charge in [-0.15, -0.1) is 0 Å². The van der Waals surface area contributed by atoms with E-state index in [-0.39, 0.29) is 10.1 Å². The van der Waals surface area contributed by atoms with Crippen LogP contribution in [0.3, 0.4) is 0 Å². The maximum Gasteiger partial charge on any atom is 0.333 e. The van der Waals surface area contributed by atoms with E-state index < -0.39 is 16.1 Å². The summed E-state index contributed by atoms with van der Waals surface area (Å²) in [6, 6.07) is 10.1. The third kappa shape index (κ3) is 3.33. The third-order valence-corrected chi connectivity index (χ3v) is 5.12.